The minimum absolute atomic E-state index is 0.104. The third-order valence-electron chi connectivity index (χ3n) is 1.42. The SMILES string of the molecule is NC(=O)c1nc(I)cc(C(F)F)c1I. The second-order valence-electron chi connectivity index (χ2n) is 2.36. The van der Waals surface area contributed by atoms with Crippen molar-refractivity contribution < 1.29 is 13.6 Å². The molecule has 76 valence electrons. The monoisotopic (exact) mass is 424 g/mol. The van der Waals surface area contributed by atoms with Crippen LogP contribution in [0.5, 0.6) is 0 Å². The van der Waals surface area contributed by atoms with E-state index in [1.54, 1.807) is 45.2 Å². The first-order valence-electron chi connectivity index (χ1n) is 3.37. The number of amides is 1. The molecule has 1 amide bonds. The molecule has 0 bridgehead atoms. The zero-order valence-electron chi connectivity index (χ0n) is 6.60. The molecule has 0 aromatic carbocycles. The van der Waals surface area contributed by atoms with Crippen molar-refractivity contribution in [1.82, 2.24) is 4.98 Å². The van der Waals surface area contributed by atoms with Gasteiger partial charge in [0.05, 0.1) is 3.57 Å². The maximum atomic E-state index is 12.5. The van der Waals surface area contributed by atoms with Crippen molar-refractivity contribution in [3.05, 3.63) is 24.6 Å². The Kier molecular flexibility index (Phi) is 3.98. The fourth-order valence-electron chi connectivity index (χ4n) is 0.839. The van der Waals surface area contributed by atoms with Gasteiger partial charge in [-0.3, -0.25) is 4.79 Å². The van der Waals surface area contributed by atoms with Gasteiger partial charge in [0.1, 0.15) is 9.39 Å². The maximum absolute atomic E-state index is 12.5. The van der Waals surface area contributed by atoms with Crippen LogP contribution in [-0.2, 0) is 0 Å². The summed E-state index contributed by atoms with van der Waals surface area (Å²) in [6, 6.07) is 1.24. The normalized spacial score (nSPS) is 10.6. The Hall–Kier alpha value is -0.0600. The summed E-state index contributed by atoms with van der Waals surface area (Å²) < 4.78 is 25.4. The number of rotatable bonds is 2. The number of halogens is 4. The molecule has 0 aliphatic carbocycles. The summed E-state index contributed by atoms with van der Waals surface area (Å²) in [5.74, 6) is -0.796. The van der Waals surface area contributed by atoms with Gasteiger partial charge in [0.25, 0.3) is 12.3 Å². The Balaban J connectivity index is 3.40. The molecule has 0 saturated heterocycles. The fourth-order valence-corrected chi connectivity index (χ4v) is 2.19. The molecule has 0 saturated carbocycles. The Morgan fingerprint density at radius 3 is 2.50 bits per heavy atom. The molecule has 7 heteroatoms. The van der Waals surface area contributed by atoms with Gasteiger partial charge in [0, 0.05) is 5.56 Å². The number of hydrogen-bond donors (Lipinski definition) is 1. The Labute approximate surface area is 106 Å². The van der Waals surface area contributed by atoms with Crippen molar-refractivity contribution in [3.8, 4) is 0 Å². The van der Waals surface area contributed by atoms with Crippen LogP contribution in [-0.4, -0.2) is 10.9 Å². The van der Waals surface area contributed by atoms with Crippen molar-refractivity contribution in [2.24, 2.45) is 5.73 Å². The van der Waals surface area contributed by atoms with Crippen LogP contribution in [0.25, 0.3) is 0 Å². The molecule has 0 aliphatic heterocycles. The molecule has 1 heterocycles. The summed E-state index contributed by atoms with van der Waals surface area (Å²) in [5, 5.41) is 0. The molecule has 2 N–H and O–H groups in total. The van der Waals surface area contributed by atoms with E-state index >= 15 is 0 Å². The smallest absolute Gasteiger partial charge is 0.268 e. The highest BCUT2D eigenvalue weighted by Crippen LogP contribution is 2.27. The minimum Gasteiger partial charge on any atom is -0.364 e. The Morgan fingerprint density at radius 2 is 2.07 bits per heavy atom. The van der Waals surface area contributed by atoms with E-state index in [9.17, 15) is 13.6 Å². The van der Waals surface area contributed by atoms with Crippen molar-refractivity contribution in [2.45, 2.75) is 6.43 Å². The predicted molar refractivity (Wildman–Crippen MR) is 63.1 cm³/mol. The van der Waals surface area contributed by atoms with E-state index in [4.69, 9.17) is 5.73 Å². The van der Waals surface area contributed by atoms with E-state index in [1.165, 1.54) is 6.07 Å². The topological polar surface area (TPSA) is 56.0 Å². The van der Waals surface area contributed by atoms with Crippen LogP contribution in [0.1, 0.15) is 22.5 Å². The van der Waals surface area contributed by atoms with Crippen LogP contribution < -0.4 is 5.73 Å². The van der Waals surface area contributed by atoms with Crippen LogP contribution in [0.4, 0.5) is 8.78 Å². The van der Waals surface area contributed by atoms with Crippen LogP contribution in [0, 0.1) is 7.27 Å². The van der Waals surface area contributed by atoms with Gasteiger partial charge in [-0.05, 0) is 51.2 Å². The quantitative estimate of drug-likeness (QED) is 0.586. The van der Waals surface area contributed by atoms with Gasteiger partial charge in [0.2, 0.25) is 0 Å². The van der Waals surface area contributed by atoms with Gasteiger partial charge in [-0.2, -0.15) is 0 Å². The summed E-state index contributed by atoms with van der Waals surface area (Å²) in [7, 11) is 0. The minimum atomic E-state index is -2.63. The Bertz CT molecular complexity index is 384. The van der Waals surface area contributed by atoms with Gasteiger partial charge in [-0.1, -0.05) is 0 Å². The molecule has 0 atom stereocenters. The number of primary amides is 1. The van der Waals surface area contributed by atoms with Gasteiger partial charge in [-0.25, -0.2) is 13.8 Å². The molecule has 0 radical (unpaired) electrons. The molecule has 0 aliphatic rings. The maximum Gasteiger partial charge on any atom is 0.268 e. The molecule has 0 unspecified atom stereocenters. The van der Waals surface area contributed by atoms with Crippen molar-refractivity contribution in [3.63, 3.8) is 0 Å². The van der Waals surface area contributed by atoms with E-state index in [-0.39, 0.29) is 14.8 Å². The van der Waals surface area contributed by atoms with Crippen LogP contribution in [0.2, 0.25) is 0 Å². The highest BCUT2D eigenvalue weighted by Gasteiger charge is 2.19. The van der Waals surface area contributed by atoms with Gasteiger partial charge < -0.3 is 5.73 Å². The van der Waals surface area contributed by atoms with E-state index in [0.717, 1.165) is 0 Å². The summed E-state index contributed by atoms with van der Waals surface area (Å²) in [5.41, 5.74) is 4.68. The molecule has 1 rings (SSSR count). The highest BCUT2D eigenvalue weighted by molar-refractivity contribution is 14.1. The molecule has 14 heavy (non-hydrogen) atoms. The number of pyridine rings is 1. The fraction of sp³-hybridized carbons (Fsp3) is 0.143. The van der Waals surface area contributed by atoms with Crippen molar-refractivity contribution in [1.29, 1.82) is 0 Å². The third-order valence-corrected chi connectivity index (χ3v) is 3.11. The molecule has 0 fully saturated rings. The number of carbonyl (C=O) groups excluding carboxylic acids is 1. The van der Waals surface area contributed by atoms with Gasteiger partial charge in [0.15, 0.2) is 0 Å². The van der Waals surface area contributed by atoms with Crippen molar-refractivity contribution in [2.75, 3.05) is 0 Å². The average molecular weight is 424 g/mol. The molecule has 3 nitrogen and oxygen atoms in total. The lowest BCUT2D eigenvalue weighted by atomic mass is 10.2. The van der Waals surface area contributed by atoms with Crippen LogP contribution in [0.3, 0.4) is 0 Å². The van der Waals surface area contributed by atoms with E-state index in [0.29, 0.717) is 3.70 Å². The number of hydrogen-bond acceptors (Lipinski definition) is 2. The summed E-state index contributed by atoms with van der Waals surface area (Å²) in [6.45, 7) is 0. The first kappa shape index (κ1) is 12.0. The number of nitrogens with two attached hydrogens (primary N) is 1. The van der Waals surface area contributed by atoms with E-state index < -0.39 is 12.3 Å². The second-order valence-corrected chi connectivity index (χ2v) is 4.55. The summed E-state index contributed by atoms with van der Waals surface area (Å²) >= 11 is 3.40. The van der Waals surface area contributed by atoms with Gasteiger partial charge >= 0.3 is 0 Å². The van der Waals surface area contributed by atoms with E-state index in [2.05, 4.69) is 4.98 Å². The zero-order valence-corrected chi connectivity index (χ0v) is 10.9. The first-order valence-corrected chi connectivity index (χ1v) is 5.53. The lowest BCUT2D eigenvalue weighted by Crippen LogP contribution is -2.17. The molecule has 0 spiro atoms. The molecular weight excluding hydrogens is 420 g/mol. The molecule has 1 aromatic heterocycles. The highest BCUT2D eigenvalue weighted by atomic mass is 127. The van der Waals surface area contributed by atoms with Crippen molar-refractivity contribution >= 4 is 51.1 Å². The first-order chi connectivity index (χ1) is 6.43. The predicted octanol–water partition coefficient (Wildman–Crippen LogP) is 2.33. The summed E-state index contributed by atoms with van der Waals surface area (Å²) in [6.07, 6.45) is -2.63. The lowest BCUT2D eigenvalue weighted by Gasteiger charge is -2.06. The zero-order chi connectivity index (χ0) is 10.9. The standard InChI is InChI=1S/C7H4F2I2N2O/c8-6(9)2-1-3(10)13-5(4(2)11)7(12)14/h1,6H,(H2,12,14). The largest absolute Gasteiger partial charge is 0.364 e. The average Bonchev–Trinajstić information content (AvgIpc) is 2.07. The third kappa shape index (κ3) is 2.49. The number of alkyl halides is 2. The molecular formula is C7H4F2I2N2O. The second kappa shape index (κ2) is 4.64. The van der Waals surface area contributed by atoms with Crippen LogP contribution in [0.15, 0.2) is 6.07 Å². The number of nitrogens with zero attached hydrogens (tertiary/aromatic N) is 1. The summed E-state index contributed by atoms with van der Waals surface area (Å²) in [4.78, 5) is 14.6. The number of carbonyl (C=O) groups is 1. The van der Waals surface area contributed by atoms with E-state index in [1.807, 2.05) is 0 Å². The molecule has 1 aromatic rings. The van der Waals surface area contributed by atoms with Gasteiger partial charge in [-0.15, -0.1) is 0 Å². The van der Waals surface area contributed by atoms with Crippen LogP contribution >= 0.6 is 45.2 Å². The Morgan fingerprint density at radius 1 is 1.50 bits per heavy atom. The lowest BCUT2D eigenvalue weighted by molar-refractivity contribution is 0.0993. The number of aromatic nitrogens is 1.